The summed E-state index contributed by atoms with van der Waals surface area (Å²) in [5, 5.41) is 22.8. The Bertz CT molecular complexity index is 1570. The largest absolute Gasteiger partial charge is 0.478 e. The number of nitro groups is 1. The van der Waals surface area contributed by atoms with Crippen molar-refractivity contribution in [3.8, 4) is 0 Å². The molecule has 2 atom stereocenters. The number of benzene rings is 3. The lowest BCUT2D eigenvalue weighted by molar-refractivity contribution is -0.384. The van der Waals surface area contributed by atoms with Crippen molar-refractivity contribution in [2.45, 2.75) is 24.6 Å². The van der Waals surface area contributed by atoms with E-state index in [2.05, 4.69) is 0 Å². The number of halogens is 6. The zero-order chi connectivity index (χ0) is 32.1. The van der Waals surface area contributed by atoms with E-state index >= 15 is 0 Å². The fourth-order valence-electron chi connectivity index (χ4n) is 3.42. The molecule has 0 aliphatic heterocycles. The number of carbonyl (C=O) groups is 4. The van der Waals surface area contributed by atoms with Gasteiger partial charge in [-0.05, 0) is 42.5 Å². The number of ether oxygens (including phenoxy) is 2. The zero-order valence-corrected chi connectivity index (χ0v) is 21.0. The van der Waals surface area contributed by atoms with Gasteiger partial charge in [0, 0.05) is 17.8 Å². The Hall–Kier alpha value is -5.48. The van der Waals surface area contributed by atoms with Crippen molar-refractivity contribution in [3.63, 3.8) is 0 Å². The minimum atomic E-state index is -4.92. The van der Waals surface area contributed by atoms with Crippen LogP contribution >= 0.6 is 0 Å². The Morgan fingerprint density at radius 1 is 0.744 bits per heavy atom. The van der Waals surface area contributed by atoms with E-state index in [1.165, 1.54) is 0 Å². The molecule has 0 bridgehead atoms. The number of carboxylic acids is 1. The van der Waals surface area contributed by atoms with E-state index in [4.69, 9.17) is 9.47 Å². The summed E-state index contributed by atoms with van der Waals surface area (Å²) in [7, 11) is 0. The van der Waals surface area contributed by atoms with Crippen LogP contribution in [0.25, 0.3) is 0 Å². The summed E-state index contributed by atoms with van der Waals surface area (Å²) in [4.78, 5) is 60.8. The Labute approximate surface area is 235 Å². The van der Waals surface area contributed by atoms with Crippen LogP contribution in [0.5, 0.6) is 0 Å². The van der Waals surface area contributed by atoms with Crippen molar-refractivity contribution in [2.24, 2.45) is 0 Å². The van der Waals surface area contributed by atoms with Crippen LogP contribution in [-0.4, -0.2) is 46.1 Å². The molecule has 0 saturated carbocycles. The average molecular weight is 614 g/mol. The lowest BCUT2D eigenvalue weighted by Gasteiger charge is -2.24. The first kappa shape index (κ1) is 32.0. The number of esters is 2. The smallest absolute Gasteiger partial charge is 0.416 e. The molecule has 3 aromatic rings. The van der Waals surface area contributed by atoms with Crippen LogP contribution in [0, 0.1) is 10.1 Å². The number of aliphatic carboxylic acids is 1. The normalized spacial score (nSPS) is 12.9. The van der Waals surface area contributed by atoms with Crippen molar-refractivity contribution in [2.75, 3.05) is 5.32 Å². The molecule has 2 N–H and O–H groups in total. The molecule has 0 unspecified atom stereocenters. The van der Waals surface area contributed by atoms with Crippen molar-refractivity contribution < 1.29 is 65.0 Å². The fraction of sp³-hybridized carbons (Fsp3) is 0.154. The first-order valence-corrected chi connectivity index (χ1v) is 11.5. The maximum Gasteiger partial charge on any atom is 0.416 e. The molecule has 0 fully saturated rings. The number of nitrogens with zero attached hydrogens (tertiary/aromatic N) is 1. The number of carboxylic acid groups (broad SMARTS) is 1. The van der Waals surface area contributed by atoms with Gasteiger partial charge in [-0.2, -0.15) is 26.3 Å². The third-order valence-corrected chi connectivity index (χ3v) is 5.42. The lowest BCUT2D eigenvalue weighted by Crippen LogP contribution is -2.48. The molecule has 17 heteroatoms. The second kappa shape index (κ2) is 12.6. The highest BCUT2D eigenvalue weighted by molar-refractivity contribution is 6.01. The van der Waals surface area contributed by atoms with Gasteiger partial charge in [-0.3, -0.25) is 14.9 Å². The predicted molar refractivity (Wildman–Crippen MR) is 131 cm³/mol. The Morgan fingerprint density at radius 2 is 1.21 bits per heavy atom. The molecule has 0 radical (unpaired) electrons. The summed E-state index contributed by atoms with van der Waals surface area (Å²) >= 11 is 0. The molecule has 0 aliphatic rings. The third kappa shape index (κ3) is 8.27. The van der Waals surface area contributed by atoms with Gasteiger partial charge in [0.25, 0.3) is 11.6 Å². The Kier molecular flexibility index (Phi) is 9.37. The van der Waals surface area contributed by atoms with Crippen molar-refractivity contribution in [1.82, 2.24) is 0 Å². The molecule has 11 nitrogen and oxygen atoms in total. The number of rotatable bonds is 9. The van der Waals surface area contributed by atoms with E-state index in [9.17, 15) is 60.7 Å². The van der Waals surface area contributed by atoms with E-state index in [0.29, 0.717) is 24.3 Å². The fourth-order valence-corrected chi connectivity index (χ4v) is 3.42. The van der Waals surface area contributed by atoms with Crippen LogP contribution in [0.1, 0.15) is 31.8 Å². The Morgan fingerprint density at radius 3 is 1.65 bits per heavy atom. The molecule has 0 saturated heterocycles. The lowest BCUT2D eigenvalue weighted by atomic mass is 10.1. The van der Waals surface area contributed by atoms with Crippen LogP contribution in [0.2, 0.25) is 0 Å². The number of hydrogen-bond donors (Lipinski definition) is 2. The van der Waals surface area contributed by atoms with Gasteiger partial charge in [-0.1, -0.05) is 18.2 Å². The third-order valence-electron chi connectivity index (χ3n) is 5.42. The summed E-state index contributed by atoms with van der Waals surface area (Å²) in [6.07, 6.45) is -15.3. The van der Waals surface area contributed by atoms with Gasteiger partial charge in [0.15, 0.2) is 0 Å². The number of nitro benzene ring substituents is 1. The van der Waals surface area contributed by atoms with E-state index in [1.807, 2.05) is 5.32 Å². The number of anilines is 1. The quantitative estimate of drug-likeness (QED) is 0.144. The first-order chi connectivity index (χ1) is 20.0. The van der Waals surface area contributed by atoms with Crippen molar-refractivity contribution in [3.05, 3.63) is 105 Å². The van der Waals surface area contributed by atoms with E-state index in [0.717, 1.165) is 48.5 Å². The molecule has 0 heterocycles. The molecule has 43 heavy (non-hydrogen) atoms. The topological polar surface area (TPSA) is 162 Å². The molecule has 226 valence electrons. The van der Waals surface area contributed by atoms with E-state index < -0.39 is 81.2 Å². The predicted octanol–water partition coefficient (Wildman–Crippen LogP) is 5.11. The monoisotopic (exact) mass is 614 g/mol. The molecular formula is C26H16F6N2O9. The Balaban J connectivity index is 1.99. The number of nitrogens with one attached hydrogen (secondary N) is 1. The number of carbonyl (C=O) groups excluding carboxylic acids is 3. The number of non-ortho nitro benzene ring substituents is 1. The highest BCUT2D eigenvalue weighted by atomic mass is 19.4. The van der Waals surface area contributed by atoms with Crippen LogP contribution in [0.3, 0.4) is 0 Å². The maximum atomic E-state index is 13.1. The summed E-state index contributed by atoms with van der Waals surface area (Å²) in [5.74, 6) is -7.13. The zero-order valence-electron chi connectivity index (χ0n) is 21.0. The minimum Gasteiger partial charge on any atom is -0.478 e. The summed E-state index contributed by atoms with van der Waals surface area (Å²) < 4.78 is 88.2. The van der Waals surface area contributed by atoms with Crippen LogP contribution in [-0.2, 0) is 31.4 Å². The van der Waals surface area contributed by atoms with Gasteiger partial charge in [0.05, 0.1) is 27.2 Å². The van der Waals surface area contributed by atoms with Gasteiger partial charge in [0.2, 0.25) is 12.2 Å². The number of amides is 1. The van der Waals surface area contributed by atoms with Crippen molar-refractivity contribution >= 4 is 35.2 Å². The average Bonchev–Trinajstić information content (AvgIpc) is 2.93. The molecule has 1 amide bonds. The SMILES string of the molecule is O=C(O[C@@H](C(=O)O)[C@@H](OC(=O)c1cccc(C(F)(F)F)c1)C(=O)Nc1cccc([N+](=O)[O-])c1)c1cccc(C(F)(F)F)c1. The van der Waals surface area contributed by atoms with Gasteiger partial charge in [0.1, 0.15) is 0 Å². The summed E-state index contributed by atoms with van der Waals surface area (Å²) in [6, 6.07) is 9.14. The standard InChI is InChI=1S/C26H16F6N2O9/c27-25(28,29)15-6-1-4-13(10-15)23(38)42-19(21(35)33-17-8-3-9-18(12-17)34(40)41)20(22(36)37)43-24(39)14-5-2-7-16(11-14)26(30,31)32/h1-12,19-20H,(H,33,35)(H,36,37)/t19-,20-/m1/s1. The number of hydrogen-bond acceptors (Lipinski definition) is 8. The van der Waals surface area contributed by atoms with Gasteiger partial charge in [-0.25, -0.2) is 14.4 Å². The minimum absolute atomic E-state index is 0.314. The molecule has 3 aromatic carbocycles. The first-order valence-electron chi connectivity index (χ1n) is 11.5. The second-order valence-corrected chi connectivity index (χ2v) is 8.44. The van der Waals surface area contributed by atoms with E-state index in [-0.39, 0.29) is 5.69 Å². The molecular weight excluding hydrogens is 598 g/mol. The molecule has 3 rings (SSSR count). The highest BCUT2D eigenvalue weighted by Crippen LogP contribution is 2.31. The van der Waals surface area contributed by atoms with Gasteiger partial charge >= 0.3 is 30.3 Å². The number of alkyl halides is 6. The summed E-state index contributed by atoms with van der Waals surface area (Å²) in [6.45, 7) is 0. The van der Waals surface area contributed by atoms with Gasteiger partial charge in [-0.15, -0.1) is 0 Å². The molecule has 0 aromatic heterocycles. The molecule has 0 aliphatic carbocycles. The van der Waals surface area contributed by atoms with Gasteiger partial charge < -0.3 is 19.9 Å². The summed E-state index contributed by atoms with van der Waals surface area (Å²) in [5.41, 5.74) is -5.14. The second-order valence-electron chi connectivity index (χ2n) is 8.44. The van der Waals surface area contributed by atoms with E-state index in [1.54, 1.807) is 0 Å². The highest BCUT2D eigenvalue weighted by Gasteiger charge is 2.42. The van der Waals surface area contributed by atoms with Crippen LogP contribution < -0.4 is 5.32 Å². The maximum absolute atomic E-state index is 13.1. The molecule has 0 spiro atoms. The van der Waals surface area contributed by atoms with Crippen LogP contribution in [0.15, 0.2) is 72.8 Å². The van der Waals surface area contributed by atoms with Crippen LogP contribution in [0.4, 0.5) is 37.7 Å². The van der Waals surface area contributed by atoms with Crippen molar-refractivity contribution in [1.29, 1.82) is 0 Å².